The smallest absolute Gasteiger partial charge is 0.251 e. The van der Waals surface area contributed by atoms with Crippen LogP contribution < -0.4 is 16.4 Å². The van der Waals surface area contributed by atoms with Crippen LogP contribution in [0.1, 0.15) is 36.5 Å². The second-order valence-corrected chi connectivity index (χ2v) is 6.82. The Morgan fingerprint density at radius 2 is 2.00 bits per heavy atom. The van der Waals surface area contributed by atoms with Crippen LogP contribution in [0.2, 0.25) is 0 Å². The Hall–Kier alpha value is -1.71. The second kappa shape index (κ2) is 4.65. The van der Waals surface area contributed by atoms with E-state index in [2.05, 4.69) is 10.6 Å². The van der Waals surface area contributed by atoms with E-state index < -0.39 is 0 Å². The van der Waals surface area contributed by atoms with Gasteiger partial charge in [0, 0.05) is 18.2 Å². The van der Waals surface area contributed by atoms with Crippen molar-refractivity contribution in [2.45, 2.75) is 32.2 Å². The molecule has 4 atom stereocenters. The Labute approximate surface area is 125 Å². The number of nitrogens with two attached hydrogens (primary N) is 1. The van der Waals surface area contributed by atoms with Crippen LogP contribution in [-0.2, 0) is 0 Å². The third-order valence-electron chi connectivity index (χ3n) is 5.71. The van der Waals surface area contributed by atoms with E-state index in [1.807, 2.05) is 19.1 Å². The van der Waals surface area contributed by atoms with Crippen molar-refractivity contribution in [1.29, 1.82) is 0 Å². The van der Waals surface area contributed by atoms with Crippen LogP contribution in [0.25, 0.3) is 0 Å². The molecule has 4 rings (SSSR count). The number of benzene rings is 1. The summed E-state index contributed by atoms with van der Waals surface area (Å²) in [4.78, 5) is 11.9. The average molecular weight is 285 g/mol. The first-order valence-corrected chi connectivity index (χ1v) is 8.13. The van der Waals surface area contributed by atoms with Crippen molar-refractivity contribution in [3.63, 3.8) is 0 Å². The van der Waals surface area contributed by atoms with Crippen molar-refractivity contribution in [2.75, 3.05) is 17.6 Å². The molecule has 3 fully saturated rings. The Morgan fingerprint density at radius 1 is 1.29 bits per heavy atom. The third kappa shape index (κ3) is 2.00. The van der Waals surface area contributed by atoms with E-state index in [1.165, 1.54) is 19.3 Å². The zero-order valence-electron chi connectivity index (χ0n) is 12.4. The summed E-state index contributed by atoms with van der Waals surface area (Å²) in [6.07, 6.45) is 4.28. The number of rotatable bonds is 4. The van der Waals surface area contributed by atoms with Crippen LogP contribution in [0.15, 0.2) is 18.2 Å². The highest BCUT2D eigenvalue weighted by Gasteiger charge is 2.65. The molecule has 4 unspecified atom stereocenters. The Kier molecular flexibility index (Phi) is 2.88. The molecule has 0 aromatic heterocycles. The molecule has 21 heavy (non-hydrogen) atoms. The first-order valence-electron chi connectivity index (χ1n) is 8.13. The van der Waals surface area contributed by atoms with Crippen LogP contribution in [0.4, 0.5) is 11.4 Å². The summed E-state index contributed by atoms with van der Waals surface area (Å²) in [7, 11) is 0. The molecule has 112 valence electrons. The average Bonchev–Trinajstić information content (AvgIpc) is 2.86. The number of fused-ring (bicyclic) bond motifs is 5. The van der Waals surface area contributed by atoms with Gasteiger partial charge < -0.3 is 16.4 Å². The number of nitrogen functional groups attached to an aromatic ring is 1. The largest absolute Gasteiger partial charge is 0.397 e. The lowest BCUT2D eigenvalue weighted by atomic mass is 10.0. The molecule has 0 aliphatic heterocycles. The lowest BCUT2D eigenvalue weighted by molar-refractivity contribution is 0.0956. The maximum Gasteiger partial charge on any atom is 0.251 e. The zero-order valence-corrected chi connectivity index (χ0v) is 12.4. The van der Waals surface area contributed by atoms with Gasteiger partial charge in [-0.2, -0.15) is 0 Å². The minimum atomic E-state index is -0.0309. The van der Waals surface area contributed by atoms with Crippen molar-refractivity contribution in [2.24, 2.45) is 23.7 Å². The molecule has 4 heteroatoms. The molecular weight excluding hydrogens is 262 g/mol. The van der Waals surface area contributed by atoms with E-state index >= 15 is 0 Å². The molecule has 3 saturated carbocycles. The number of nitrogens with one attached hydrogen (secondary N) is 2. The van der Waals surface area contributed by atoms with E-state index in [1.54, 1.807) is 6.07 Å². The summed E-state index contributed by atoms with van der Waals surface area (Å²) >= 11 is 0. The van der Waals surface area contributed by atoms with Crippen LogP contribution in [-0.4, -0.2) is 18.5 Å². The van der Waals surface area contributed by atoms with Gasteiger partial charge in [-0.05, 0) is 68.1 Å². The molecule has 4 nitrogen and oxygen atoms in total. The van der Waals surface area contributed by atoms with Crippen molar-refractivity contribution in [1.82, 2.24) is 5.32 Å². The minimum Gasteiger partial charge on any atom is -0.397 e. The summed E-state index contributed by atoms with van der Waals surface area (Å²) in [6, 6.07) is 6.11. The standard InChI is InChI=1S/C17H23N3O/c1-2-19-17(21)11-5-6-12(18)13(8-11)20-16-14-9-3-4-10(7-9)15(14)16/h5-6,8-10,14-16,20H,2-4,7,18H2,1H3,(H,19,21). The van der Waals surface area contributed by atoms with E-state index in [0.717, 1.165) is 35.0 Å². The van der Waals surface area contributed by atoms with E-state index in [-0.39, 0.29) is 5.91 Å². The van der Waals surface area contributed by atoms with Gasteiger partial charge >= 0.3 is 0 Å². The molecule has 4 N–H and O–H groups in total. The van der Waals surface area contributed by atoms with Gasteiger partial charge in [0.2, 0.25) is 0 Å². The summed E-state index contributed by atoms with van der Waals surface area (Å²) in [5.74, 6) is 3.56. The first-order chi connectivity index (χ1) is 10.2. The Morgan fingerprint density at radius 3 is 2.67 bits per heavy atom. The van der Waals surface area contributed by atoms with Crippen molar-refractivity contribution in [3.8, 4) is 0 Å². The fraction of sp³-hybridized carbons (Fsp3) is 0.588. The van der Waals surface area contributed by atoms with E-state index in [0.29, 0.717) is 18.2 Å². The van der Waals surface area contributed by atoms with Gasteiger partial charge in [-0.1, -0.05) is 0 Å². The van der Waals surface area contributed by atoms with Gasteiger partial charge in [-0.3, -0.25) is 4.79 Å². The van der Waals surface area contributed by atoms with Gasteiger partial charge in [0.15, 0.2) is 0 Å². The zero-order chi connectivity index (χ0) is 14.6. The predicted octanol–water partition coefficient (Wildman–Crippen LogP) is 2.47. The highest BCUT2D eigenvalue weighted by molar-refractivity contribution is 5.96. The van der Waals surface area contributed by atoms with Gasteiger partial charge in [-0.15, -0.1) is 0 Å². The number of amides is 1. The molecule has 0 saturated heterocycles. The Balaban J connectivity index is 1.50. The van der Waals surface area contributed by atoms with Crippen LogP contribution in [0, 0.1) is 23.7 Å². The first kappa shape index (κ1) is 13.0. The number of hydrogen-bond acceptors (Lipinski definition) is 3. The minimum absolute atomic E-state index is 0.0309. The molecule has 0 heterocycles. The highest BCUT2D eigenvalue weighted by atomic mass is 16.1. The highest BCUT2D eigenvalue weighted by Crippen LogP contribution is 2.66. The van der Waals surface area contributed by atoms with Gasteiger partial charge in [0.05, 0.1) is 11.4 Å². The lowest BCUT2D eigenvalue weighted by Crippen LogP contribution is -2.23. The molecule has 3 aliphatic carbocycles. The second-order valence-electron chi connectivity index (χ2n) is 6.82. The summed E-state index contributed by atoms with van der Waals surface area (Å²) in [6.45, 7) is 2.57. The molecular formula is C17H23N3O. The van der Waals surface area contributed by atoms with Gasteiger partial charge in [0.1, 0.15) is 0 Å². The Bertz CT molecular complexity index is 569. The topological polar surface area (TPSA) is 67.2 Å². The number of carbonyl (C=O) groups excluding carboxylic acids is 1. The molecule has 1 aromatic carbocycles. The molecule has 0 spiro atoms. The van der Waals surface area contributed by atoms with E-state index in [4.69, 9.17) is 5.73 Å². The summed E-state index contributed by atoms with van der Waals surface area (Å²) in [5.41, 5.74) is 8.43. The maximum absolute atomic E-state index is 11.9. The summed E-state index contributed by atoms with van der Waals surface area (Å²) in [5, 5.41) is 6.45. The van der Waals surface area contributed by atoms with Crippen LogP contribution >= 0.6 is 0 Å². The van der Waals surface area contributed by atoms with Crippen LogP contribution in [0.5, 0.6) is 0 Å². The number of anilines is 2. The SMILES string of the molecule is CCNC(=O)c1ccc(N)c(NC2C3C4CCC(C4)C23)c1. The monoisotopic (exact) mass is 285 g/mol. The van der Waals surface area contributed by atoms with E-state index in [9.17, 15) is 4.79 Å². The number of hydrogen-bond donors (Lipinski definition) is 3. The molecule has 3 aliphatic rings. The lowest BCUT2D eigenvalue weighted by Gasteiger charge is -2.14. The van der Waals surface area contributed by atoms with Gasteiger partial charge in [-0.25, -0.2) is 0 Å². The number of carbonyl (C=O) groups is 1. The maximum atomic E-state index is 11.9. The fourth-order valence-corrected chi connectivity index (χ4v) is 4.78. The quantitative estimate of drug-likeness (QED) is 0.745. The summed E-state index contributed by atoms with van der Waals surface area (Å²) < 4.78 is 0. The molecule has 0 radical (unpaired) electrons. The fourth-order valence-electron chi connectivity index (χ4n) is 4.78. The molecule has 1 amide bonds. The van der Waals surface area contributed by atoms with Crippen molar-refractivity contribution >= 4 is 17.3 Å². The van der Waals surface area contributed by atoms with Crippen LogP contribution in [0.3, 0.4) is 0 Å². The van der Waals surface area contributed by atoms with Crippen molar-refractivity contribution in [3.05, 3.63) is 23.8 Å². The van der Waals surface area contributed by atoms with Gasteiger partial charge in [0.25, 0.3) is 5.91 Å². The molecule has 2 bridgehead atoms. The normalized spacial score (nSPS) is 35.4. The predicted molar refractivity (Wildman–Crippen MR) is 84.1 cm³/mol. The molecule has 1 aromatic rings. The van der Waals surface area contributed by atoms with Crippen molar-refractivity contribution < 1.29 is 4.79 Å². The third-order valence-corrected chi connectivity index (χ3v) is 5.71.